The lowest BCUT2D eigenvalue weighted by molar-refractivity contribution is 0.610. The van der Waals surface area contributed by atoms with Crippen LogP contribution in [0.3, 0.4) is 0 Å². The molecule has 0 saturated heterocycles. The zero-order chi connectivity index (χ0) is 13.8. The maximum Gasteiger partial charge on any atom is 0.0768 e. The second-order valence-electron chi connectivity index (χ2n) is 4.60. The van der Waals surface area contributed by atoms with Gasteiger partial charge in [-0.3, -0.25) is 0 Å². The summed E-state index contributed by atoms with van der Waals surface area (Å²) in [6.45, 7) is 7.68. The molecular weight excluding hydrogens is 338 g/mol. The third kappa shape index (κ3) is 3.48. The number of halogens is 1. The number of thiophene rings is 2. The number of rotatable bonds is 6. The molecule has 0 aliphatic heterocycles. The highest BCUT2D eigenvalue weighted by molar-refractivity contribution is 9.10. The first-order chi connectivity index (χ1) is 9.17. The van der Waals surface area contributed by atoms with Gasteiger partial charge in [0.2, 0.25) is 0 Å². The van der Waals surface area contributed by atoms with Gasteiger partial charge in [0.1, 0.15) is 0 Å². The van der Waals surface area contributed by atoms with Crippen molar-refractivity contribution in [3.63, 3.8) is 0 Å². The molecule has 1 unspecified atom stereocenters. The van der Waals surface area contributed by atoms with Crippen LogP contribution in [0.5, 0.6) is 0 Å². The van der Waals surface area contributed by atoms with Gasteiger partial charge in [-0.2, -0.15) is 0 Å². The Bertz CT molecular complexity index is 510. The molecule has 2 aromatic heterocycles. The molecule has 2 heterocycles. The number of hydrogen-bond acceptors (Lipinski definition) is 3. The van der Waals surface area contributed by atoms with Gasteiger partial charge in [-0.15, -0.1) is 22.7 Å². The van der Waals surface area contributed by atoms with Crippen LogP contribution < -0.4 is 5.32 Å². The second kappa shape index (κ2) is 7.02. The normalized spacial score (nSPS) is 12.8. The fourth-order valence-electron chi connectivity index (χ4n) is 2.13. The van der Waals surface area contributed by atoms with E-state index in [1.54, 1.807) is 0 Å². The Morgan fingerprint density at radius 2 is 2.16 bits per heavy atom. The van der Waals surface area contributed by atoms with E-state index in [1.165, 1.54) is 24.7 Å². The Morgan fingerprint density at radius 3 is 2.74 bits per heavy atom. The van der Waals surface area contributed by atoms with Crippen molar-refractivity contribution >= 4 is 38.6 Å². The van der Waals surface area contributed by atoms with E-state index in [2.05, 4.69) is 59.5 Å². The molecule has 2 rings (SSSR count). The Morgan fingerprint density at radius 1 is 1.37 bits per heavy atom. The van der Waals surface area contributed by atoms with Crippen LogP contribution in [0.25, 0.3) is 0 Å². The Hall–Kier alpha value is -0.160. The molecule has 1 nitrogen and oxygen atoms in total. The fourth-order valence-corrected chi connectivity index (χ4v) is 4.94. The third-order valence-corrected chi connectivity index (χ3v) is 6.41. The maximum absolute atomic E-state index is 3.70. The number of hydrogen-bond donors (Lipinski definition) is 1. The van der Waals surface area contributed by atoms with Crippen LogP contribution in [0.1, 0.15) is 46.5 Å². The van der Waals surface area contributed by atoms with Gasteiger partial charge in [-0.1, -0.05) is 13.8 Å². The maximum atomic E-state index is 3.70. The minimum atomic E-state index is 0.352. The quantitative estimate of drug-likeness (QED) is 0.716. The third-order valence-electron chi connectivity index (χ3n) is 3.18. The van der Waals surface area contributed by atoms with Crippen LogP contribution in [0, 0.1) is 6.92 Å². The molecule has 0 bridgehead atoms. The van der Waals surface area contributed by atoms with Crippen molar-refractivity contribution < 1.29 is 0 Å². The molecule has 0 fully saturated rings. The summed E-state index contributed by atoms with van der Waals surface area (Å²) in [4.78, 5) is 4.24. The molecule has 0 aliphatic rings. The first kappa shape index (κ1) is 15.2. The zero-order valence-electron chi connectivity index (χ0n) is 11.6. The van der Waals surface area contributed by atoms with Crippen LogP contribution in [0.15, 0.2) is 22.0 Å². The average Bonchev–Trinajstić information content (AvgIpc) is 2.98. The molecule has 1 atom stereocenters. The van der Waals surface area contributed by atoms with E-state index in [-0.39, 0.29) is 0 Å². The molecule has 0 spiro atoms. The molecule has 1 N–H and O–H groups in total. The number of nitrogens with one attached hydrogen (secondary N) is 1. The van der Waals surface area contributed by atoms with E-state index < -0.39 is 0 Å². The van der Waals surface area contributed by atoms with E-state index in [0.29, 0.717) is 6.04 Å². The van der Waals surface area contributed by atoms with Crippen LogP contribution >= 0.6 is 38.6 Å². The summed E-state index contributed by atoms with van der Waals surface area (Å²) in [5, 5.41) is 5.92. The molecule has 0 aliphatic carbocycles. The minimum Gasteiger partial charge on any atom is -0.305 e. The van der Waals surface area contributed by atoms with Gasteiger partial charge in [0.05, 0.1) is 6.04 Å². The number of aryl methyl sites for hydroxylation is 2. The van der Waals surface area contributed by atoms with Crippen LogP contribution in [0.2, 0.25) is 0 Å². The highest BCUT2D eigenvalue weighted by atomic mass is 79.9. The molecule has 2 aromatic rings. The summed E-state index contributed by atoms with van der Waals surface area (Å²) in [6, 6.07) is 4.88. The summed E-state index contributed by atoms with van der Waals surface area (Å²) in [6.07, 6.45) is 2.27. The van der Waals surface area contributed by atoms with Gasteiger partial charge in [0.25, 0.3) is 0 Å². The van der Waals surface area contributed by atoms with Crippen molar-refractivity contribution in [2.24, 2.45) is 0 Å². The SMILES string of the molecule is CCCNC(c1cc(Br)c(C)s1)c1sccc1CC. The lowest BCUT2D eigenvalue weighted by Gasteiger charge is -2.17. The van der Waals surface area contributed by atoms with E-state index in [0.717, 1.165) is 19.4 Å². The second-order valence-corrected chi connectivity index (χ2v) is 7.69. The van der Waals surface area contributed by atoms with Gasteiger partial charge < -0.3 is 5.32 Å². The van der Waals surface area contributed by atoms with Crippen molar-refractivity contribution in [3.05, 3.63) is 42.2 Å². The average molecular weight is 358 g/mol. The Kier molecular flexibility index (Phi) is 5.63. The van der Waals surface area contributed by atoms with Gasteiger partial charge >= 0.3 is 0 Å². The van der Waals surface area contributed by atoms with Crippen LogP contribution in [-0.4, -0.2) is 6.54 Å². The lowest BCUT2D eigenvalue weighted by atomic mass is 10.1. The van der Waals surface area contributed by atoms with Crippen molar-refractivity contribution in [1.29, 1.82) is 0 Å². The molecule has 4 heteroatoms. The predicted octanol–water partition coefficient (Wildman–Crippen LogP) is 5.53. The summed E-state index contributed by atoms with van der Waals surface area (Å²) in [5.74, 6) is 0. The molecule has 19 heavy (non-hydrogen) atoms. The Labute approximate surface area is 132 Å². The summed E-state index contributed by atoms with van der Waals surface area (Å²) < 4.78 is 1.23. The Balaban J connectivity index is 2.35. The molecule has 0 aromatic carbocycles. The summed E-state index contributed by atoms with van der Waals surface area (Å²) in [7, 11) is 0. The topological polar surface area (TPSA) is 12.0 Å². The molecule has 0 saturated carbocycles. The van der Waals surface area contributed by atoms with Crippen molar-refractivity contribution in [1.82, 2.24) is 5.32 Å². The van der Waals surface area contributed by atoms with E-state index in [1.807, 2.05) is 22.7 Å². The van der Waals surface area contributed by atoms with Gasteiger partial charge in [-0.05, 0) is 65.3 Å². The van der Waals surface area contributed by atoms with Gasteiger partial charge in [0, 0.05) is 19.1 Å². The highest BCUT2D eigenvalue weighted by Gasteiger charge is 2.20. The van der Waals surface area contributed by atoms with E-state index in [4.69, 9.17) is 0 Å². The first-order valence-corrected chi connectivity index (χ1v) is 9.21. The molecular formula is C15H20BrNS2. The highest BCUT2D eigenvalue weighted by Crippen LogP contribution is 2.37. The fraction of sp³-hybridized carbons (Fsp3) is 0.467. The largest absolute Gasteiger partial charge is 0.305 e. The van der Waals surface area contributed by atoms with E-state index in [9.17, 15) is 0 Å². The van der Waals surface area contributed by atoms with Crippen molar-refractivity contribution in [3.8, 4) is 0 Å². The minimum absolute atomic E-state index is 0.352. The first-order valence-electron chi connectivity index (χ1n) is 6.72. The lowest BCUT2D eigenvalue weighted by Crippen LogP contribution is -2.22. The van der Waals surface area contributed by atoms with Crippen molar-refractivity contribution in [2.75, 3.05) is 6.54 Å². The standard InChI is InChI=1S/C15H20BrNS2/c1-4-7-17-14(13-9-12(16)10(3)19-13)15-11(5-2)6-8-18-15/h6,8-9,14,17H,4-5,7H2,1-3H3. The summed E-state index contributed by atoms with van der Waals surface area (Å²) in [5.41, 5.74) is 1.47. The monoisotopic (exact) mass is 357 g/mol. The van der Waals surface area contributed by atoms with Gasteiger partial charge in [0.15, 0.2) is 0 Å². The zero-order valence-corrected chi connectivity index (χ0v) is 14.8. The summed E-state index contributed by atoms with van der Waals surface area (Å²) >= 11 is 7.40. The van der Waals surface area contributed by atoms with Crippen LogP contribution in [0.4, 0.5) is 0 Å². The van der Waals surface area contributed by atoms with Crippen LogP contribution in [-0.2, 0) is 6.42 Å². The molecule has 0 amide bonds. The van der Waals surface area contributed by atoms with Gasteiger partial charge in [-0.25, -0.2) is 0 Å². The molecule has 0 radical (unpaired) electrons. The van der Waals surface area contributed by atoms with E-state index >= 15 is 0 Å². The molecule has 104 valence electrons. The smallest absolute Gasteiger partial charge is 0.0768 e. The predicted molar refractivity (Wildman–Crippen MR) is 90.6 cm³/mol. The van der Waals surface area contributed by atoms with Crippen molar-refractivity contribution in [2.45, 2.75) is 39.7 Å².